The van der Waals surface area contributed by atoms with E-state index in [4.69, 9.17) is 0 Å². The van der Waals surface area contributed by atoms with Gasteiger partial charge >= 0.3 is 0 Å². The molecule has 2 heterocycles. The monoisotopic (exact) mass is 354 g/mol. The van der Waals surface area contributed by atoms with Gasteiger partial charge in [0.15, 0.2) is 0 Å². The third-order valence-electron chi connectivity index (χ3n) is 5.70. The lowest BCUT2D eigenvalue weighted by Crippen LogP contribution is -2.38. The molecular weight excluding hydrogens is 320 g/mol. The first-order valence-corrected chi connectivity index (χ1v) is 10.1. The molecule has 0 spiro atoms. The Bertz CT molecular complexity index is 760. The Morgan fingerprint density at radius 3 is 2.50 bits per heavy atom. The maximum absolute atomic E-state index is 12.7. The predicted octanol–water partition coefficient (Wildman–Crippen LogP) is 5.35. The van der Waals surface area contributed by atoms with Gasteiger partial charge < -0.3 is 9.47 Å². The minimum atomic E-state index is 0.293. The summed E-state index contributed by atoms with van der Waals surface area (Å²) >= 11 is 0. The molecule has 0 radical (unpaired) electrons. The molecule has 142 valence electrons. The van der Waals surface area contributed by atoms with Crippen LogP contribution in [-0.4, -0.2) is 28.5 Å². The normalized spacial score (nSPS) is 17.7. The number of hydrogen-bond donors (Lipinski definition) is 0. The van der Waals surface area contributed by atoms with Crippen molar-refractivity contribution in [3.05, 3.63) is 36.0 Å². The van der Waals surface area contributed by atoms with Gasteiger partial charge in [-0.25, -0.2) is 0 Å². The van der Waals surface area contributed by atoms with E-state index in [0.717, 1.165) is 32.4 Å². The Balaban J connectivity index is 1.59. The molecule has 0 saturated carbocycles. The molecule has 26 heavy (non-hydrogen) atoms. The molecule has 3 rings (SSSR count). The van der Waals surface area contributed by atoms with Crippen LogP contribution in [0.15, 0.2) is 30.5 Å². The SMILES string of the molecule is CC(CC(=O)N1CCC(c2cn(C)c3ccccc23)CC1)CC(C)(C)C. The van der Waals surface area contributed by atoms with Crippen molar-refractivity contribution in [1.82, 2.24) is 9.47 Å². The van der Waals surface area contributed by atoms with Crippen LogP contribution in [0.4, 0.5) is 0 Å². The Kier molecular flexibility index (Phi) is 5.45. The first kappa shape index (κ1) is 19.0. The van der Waals surface area contributed by atoms with Crippen molar-refractivity contribution < 1.29 is 4.79 Å². The molecule has 0 bridgehead atoms. The van der Waals surface area contributed by atoms with Crippen LogP contribution in [0.2, 0.25) is 0 Å². The Hall–Kier alpha value is -1.77. The zero-order valence-electron chi connectivity index (χ0n) is 17.1. The summed E-state index contributed by atoms with van der Waals surface area (Å²) < 4.78 is 2.23. The highest BCUT2D eigenvalue weighted by Gasteiger charge is 2.27. The molecular formula is C23H34N2O. The number of likely N-dealkylation sites (tertiary alicyclic amines) is 1. The largest absolute Gasteiger partial charge is 0.350 e. The molecule has 0 N–H and O–H groups in total. The molecule has 1 aliphatic rings. The van der Waals surface area contributed by atoms with Gasteiger partial charge in [-0.2, -0.15) is 0 Å². The average molecular weight is 355 g/mol. The second kappa shape index (κ2) is 7.46. The summed E-state index contributed by atoms with van der Waals surface area (Å²) in [6, 6.07) is 8.65. The van der Waals surface area contributed by atoms with E-state index in [1.165, 1.54) is 16.5 Å². The van der Waals surface area contributed by atoms with E-state index in [-0.39, 0.29) is 0 Å². The Labute approximate surface area is 158 Å². The summed E-state index contributed by atoms with van der Waals surface area (Å²) in [5.41, 5.74) is 3.05. The molecule has 1 aromatic carbocycles. The zero-order valence-corrected chi connectivity index (χ0v) is 17.1. The number of aromatic nitrogens is 1. The van der Waals surface area contributed by atoms with Crippen molar-refractivity contribution in [3.8, 4) is 0 Å². The molecule has 1 amide bonds. The van der Waals surface area contributed by atoms with E-state index in [9.17, 15) is 4.79 Å². The molecule has 1 unspecified atom stereocenters. The molecule has 0 aliphatic carbocycles. The molecule has 1 atom stereocenters. The van der Waals surface area contributed by atoms with Gasteiger partial charge in [-0.1, -0.05) is 45.9 Å². The topological polar surface area (TPSA) is 25.2 Å². The highest BCUT2D eigenvalue weighted by atomic mass is 16.2. The van der Waals surface area contributed by atoms with E-state index in [1.807, 2.05) is 0 Å². The van der Waals surface area contributed by atoms with E-state index in [0.29, 0.717) is 29.6 Å². The van der Waals surface area contributed by atoms with Gasteiger partial charge in [0.2, 0.25) is 5.91 Å². The molecule has 1 fully saturated rings. The average Bonchev–Trinajstić information content (AvgIpc) is 2.90. The lowest BCUT2D eigenvalue weighted by molar-refractivity contribution is -0.133. The fourth-order valence-electron chi connectivity index (χ4n) is 4.68. The number of amides is 1. The van der Waals surface area contributed by atoms with Crippen LogP contribution >= 0.6 is 0 Å². The van der Waals surface area contributed by atoms with Crippen molar-refractivity contribution in [2.75, 3.05) is 13.1 Å². The lowest BCUT2D eigenvalue weighted by Gasteiger charge is -2.33. The minimum absolute atomic E-state index is 0.293. The minimum Gasteiger partial charge on any atom is -0.350 e. The fraction of sp³-hybridized carbons (Fsp3) is 0.609. The van der Waals surface area contributed by atoms with Crippen molar-refractivity contribution in [3.63, 3.8) is 0 Å². The first-order chi connectivity index (χ1) is 12.2. The quantitative estimate of drug-likeness (QED) is 0.727. The predicted molar refractivity (Wildman–Crippen MR) is 109 cm³/mol. The van der Waals surface area contributed by atoms with Crippen LogP contribution in [0, 0.1) is 11.3 Å². The molecule has 2 aromatic rings. The van der Waals surface area contributed by atoms with Crippen LogP contribution < -0.4 is 0 Å². The highest BCUT2D eigenvalue weighted by Crippen LogP contribution is 2.34. The number of benzene rings is 1. The van der Waals surface area contributed by atoms with Gasteiger partial charge in [-0.3, -0.25) is 4.79 Å². The standard InChI is InChI=1S/C23H34N2O/c1-17(15-23(2,3)4)14-22(26)25-12-10-18(11-13-25)20-16-24(5)21-9-7-6-8-19(20)21/h6-9,16-18H,10-15H2,1-5H3. The number of hydrogen-bond acceptors (Lipinski definition) is 1. The summed E-state index contributed by atoms with van der Waals surface area (Å²) in [6.45, 7) is 10.8. The van der Waals surface area contributed by atoms with Crippen LogP contribution in [0.1, 0.15) is 64.9 Å². The number of carbonyl (C=O) groups excluding carboxylic acids is 1. The number of nitrogens with zero attached hydrogens (tertiary/aromatic N) is 2. The summed E-state index contributed by atoms with van der Waals surface area (Å²) in [5, 5.41) is 1.37. The van der Waals surface area contributed by atoms with Gasteiger partial charge in [-0.15, -0.1) is 0 Å². The second-order valence-electron chi connectivity index (χ2n) is 9.44. The molecule has 1 aromatic heterocycles. The third-order valence-corrected chi connectivity index (χ3v) is 5.70. The number of rotatable bonds is 4. The molecule has 1 aliphatic heterocycles. The molecule has 3 nitrogen and oxygen atoms in total. The number of fused-ring (bicyclic) bond motifs is 1. The zero-order chi connectivity index (χ0) is 18.9. The second-order valence-corrected chi connectivity index (χ2v) is 9.44. The van der Waals surface area contributed by atoms with E-state index in [1.54, 1.807) is 0 Å². The summed E-state index contributed by atoms with van der Waals surface area (Å²) in [4.78, 5) is 14.8. The van der Waals surface area contributed by atoms with E-state index in [2.05, 4.69) is 74.7 Å². The van der Waals surface area contributed by atoms with Crippen LogP contribution in [-0.2, 0) is 11.8 Å². The van der Waals surface area contributed by atoms with Gasteiger partial charge in [0, 0.05) is 43.7 Å². The Morgan fingerprint density at radius 1 is 1.19 bits per heavy atom. The summed E-state index contributed by atoms with van der Waals surface area (Å²) in [6.07, 6.45) is 6.24. The highest BCUT2D eigenvalue weighted by molar-refractivity contribution is 5.84. The number of piperidine rings is 1. The van der Waals surface area contributed by atoms with Gasteiger partial charge in [-0.05, 0) is 48.1 Å². The summed E-state index contributed by atoms with van der Waals surface area (Å²) in [7, 11) is 2.13. The maximum Gasteiger partial charge on any atom is 0.222 e. The number of aryl methyl sites for hydroxylation is 1. The molecule has 3 heteroatoms. The van der Waals surface area contributed by atoms with E-state index < -0.39 is 0 Å². The van der Waals surface area contributed by atoms with Crippen LogP contribution in [0.3, 0.4) is 0 Å². The number of carbonyl (C=O) groups is 1. The smallest absolute Gasteiger partial charge is 0.222 e. The van der Waals surface area contributed by atoms with Crippen LogP contribution in [0.5, 0.6) is 0 Å². The van der Waals surface area contributed by atoms with Gasteiger partial charge in [0.25, 0.3) is 0 Å². The maximum atomic E-state index is 12.7. The lowest BCUT2D eigenvalue weighted by atomic mass is 9.83. The third kappa shape index (κ3) is 4.31. The fourth-order valence-corrected chi connectivity index (χ4v) is 4.68. The molecule has 1 saturated heterocycles. The van der Waals surface area contributed by atoms with Crippen LogP contribution in [0.25, 0.3) is 10.9 Å². The van der Waals surface area contributed by atoms with E-state index >= 15 is 0 Å². The van der Waals surface area contributed by atoms with Crippen molar-refractivity contribution in [2.45, 2.75) is 59.3 Å². The van der Waals surface area contributed by atoms with Gasteiger partial charge in [0.05, 0.1) is 0 Å². The van der Waals surface area contributed by atoms with Crippen molar-refractivity contribution in [2.24, 2.45) is 18.4 Å². The summed E-state index contributed by atoms with van der Waals surface area (Å²) in [5.74, 6) is 1.37. The first-order valence-electron chi connectivity index (χ1n) is 10.1. The van der Waals surface area contributed by atoms with Crippen molar-refractivity contribution >= 4 is 16.8 Å². The Morgan fingerprint density at radius 2 is 1.85 bits per heavy atom. The van der Waals surface area contributed by atoms with Crippen molar-refractivity contribution in [1.29, 1.82) is 0 Å². The van der Waals surface area contributed by atoms with Gasteiger partial charge in [0.1, 0.15) is 0 Å². The number of para-hydroxylation sites is 1.